The van der Waals surface area contributed by atoms with E-state index >= 15 is 0 Å². The summed E-state index contributed by atoms with van der Waals surface area (Å²) in [5.74, 6) is 0. The van der Waals surface area contributed by atoms with E-state index in [1.165, 1.54) is 6.20 Å². The van der Waals surface area contributed by atoms with Crippen LogP contribution in [0, 0.1) is 0 Å². The number of rotatable bonds is 10. The second-order valence-electron chi connectivity index (χ2n) is 9.01. The Morgan fingerprint density at radius 3 is 2.64 bits per heavy atom. The zero-order chi connectivity index (χ0) is 26.0. The first-order chi connectivity index (χ1) is 17.4. The van der Waals surface area contributed by atoms with Gasteiger partial charge in [0.1, 0.15) is 0 Å². The number of sulfone groups is 1. The molecule has 10 heteroatoms. The third-order valence-electron chi connectivity index (χ3n) is 6.74. The number of urea groups is 1. The van der Waals surface area contributed by atoms with Crippen molar-refractivity contribution in [1.82, 2.24) is 20.1 Å². The predicted octanol–water partition coefficient (Wildman–Crippen LogP) is 3.54. The molecule has 1 aromatic rings. The van der Waals surface area contributed by atoms with Gasteiger partial charge in [-0.1, -0.05) is 6.92 Å². The number of nitrogens with zero attached hydrogens (tertiary/aromatic N) is 4. The Morgan fingerprint density at radius 2 is 2.06 bits per heavy atom. The number of pyridine rings is 1. The molecular weight excluding hydrogens is 478 g/mol. The third-order valence-corrected chi connectivity index (χ3v) is 8.99. The normalized spacial score (nSPS) is 20.4. The van der Waals surface area contributed by atoms with Crippen LogP contribution in [0.1, 0.15) is 52.1 Å². The fourth-order valence-electron chi connectivity index (χ4n) is 4.48. The molecule has 1 N–H and O–H groups in total. The van der Waals surface area contributed by atoms with Gasteiger partial charge in [0, 0.05) is 44.0 Å². The highest BCUT2D eigenvalue weighted by atomic mass is 32.2. The lowest BCUT2D eigenvalue weighted by molar-refractivity contribution is 0.129. The van der Waals surface area contributed by atoms with E-state index in [1.54, 1.807) is 29.4 Å². The summed E-state index contributed by atoms with van der Waals surface area (Å²) in [5, 5.41) is 2.47. The second kappa shape index (κ2) is 13.7. The third kappa shape index (κ3) is 7.47. The van der Waals surface area contributed by atoms with Gasteiger partial charge in [-0.15, -0.1) is 0 Å². The summed E-state index contributed by atoms with van der Waals surface area (Å²) in [7, 11) is -3.44. The highest BCUT2D eigenvalue weighted by Gasteiger charge is 2.34. The van der Waals surface area contributed by atoms with Gasteiger partial charge in [-0.3, -0.25) is 14.9 Å². The maximum Gasteiger partial charge on any atom is 0.321 e. The fraction of sp³-hybridized carbons (Fsp3) is 0.577. The van der Waals surface area contributed by atoms with Crippen molar-refractivity contribution in [2.24, 2.45) is 4.99 Å². The Labute approximate surface area is 215 Å². The number of piperidine rings is 1. The van der Waals surface area contributed by atoms with E-state index in [0.717, 1.165) is 44.7 Å². The van der Waals surface area contributed by atoms with Crippen LogP contribution in [-0.4, -0.2) is 79.6 Å². The van der Waals surface area contributed by atoms with Crippen molar-refractivity contribution in [3.05, 3.63) is 48.1 Å². The average molecular weight is 518 g/mol. The largest absolute Gasteiger partial charge is 0.380 e. The Kier molecular flexibility index (Phi) is 10.6. The van der Waals surface area contributed by atoms with Crippen LogP contribution < -0.4 is 5.32 Å². The lowest BCUT2D eigenvalue weighted by atomic mass is 10.1. The van der Waals surface area contributed by atoms with Crippen LogP contribution in [0.5, 0.6) is 0 Å². The van der Waals surface area contributed by atoms with E-state index < -0.39 is 15.1 Å². The highest BCUT2D eigenvalue weighted by molar-refractivity contribution is 7.92. The van der Waals surface area contributed by atoms with Gasteiger partial charge in [-0.05, 0) is 76.4 Å². The molecule has 0 radical (unpaired) electrons. The van der Waals surface area contributed by atoms with Crippen molar-refractivity contribution in [2.75, 3.05) is 32.8 Å². The predicted molar refractivity (Wildman–Crippen MR) is 142 cm³/mol. The van der Waals surface area contributed by atoms with Gasteiger partial charge in [-0.2, -0.15) is 0 Å². The first-order valence-corrected chi connectivity index (χ1v) is 14.3. The van der Waals surface area contributed by atoms with E-state index in [1.807, 2.05) is 33.0 Å². The average Bonchev–Trinajstić information content (AvgIpc) is 3.45. The van der Waals surface area contributed by atoms with Crippen molar-refractivity contribution in [3.63, 3.8) is 0 Å². The van der Waals surface area contributed by atoms with Gasteiger partial charge in [0.2, 0.25) is 0 Å². The summed E-state index contributed by atoms with van der Waals surface area (Å²) in [6, 6.07) is 3.46. The molecule has 0 saturated carbocycles. The maximum atomic E-state index is 13.2. The highest BCUT2D eigenvalue weighted by Crippen LogP contribution is 2.26. The first kappa shape index (κ1) is 28.0. The van der Waals surface area contributed by atoms with Crippen molar-refractivity contribution in [2.45, 2.75) is 69.2 Å². The van der Waals surface area contributed by atoms with Gasteiger partial charge in [0.05, 0.1) is 29.0 Å². The van der Waals surface area contributed by atoms with Crippen LogP contribution in [0.15, 0.2) is 52.3 Å². The molecule has 0 bridgehead atoms. The van der Waals surface area contributed by atoms with Gasteiger partial charge in [-0.25, -0.2) is 13.2 Å². The van der Waals surface area contributed by atoms with E-state index in [0.29, 0.717) is 31.1 Å². The Hall–Kier alpha value is -2.56. The van der Waals surface area contributed by atoms with Crippen molar-refractivity contribution < 1.29 is 17.9 Å². The summed E-state index contributed by atoms with van der Waals surface area (Å²) in [6.45, 7) is 9.58. The number of carbonyl (C=O) groups is 1. The number of hydrogen-bond acceptors (Lipinski definition) is 7. The molecule has 0 aromatic carbocycles. The molecule has 2 amide bonds. The molecule has 1 unspecified atom stereocenters. The SMILES string of the molecule is CC=N/C=C\C(=C\N(CC)C(=O)NCc1ccc(S(=O)(=O)C2CCN(C3CCOC3)CC2)cn1)CC. The molecule has 2 fully saturated rings. The monoisotopic (exact) mass is 517 g/mol. The number of hydrogen-bond donors (Lipinski definition) is 1. The second-order valence-corrected chi connectivity index (χ2v) is 11.2. The molecule has 2 saturated heterocycles. The Bertz CT molecular complexity index is 1040. The summed E-state index contributed by atoms with van der Waals surface area (Å²) >= 11 is 0. The molecule has 2 aliphatic rings. The smallest absolute Gasteiger partial charge is 0.321 e. The number of allylic oxidation sites excluding steroid dienone is 2. The molecule has 198 valence electrons. The van der Waals surface area contributed by atoms with E-state index in [9.17, 15) is 13.2 Å². The zero-order valence-corrected chi connectivity index (χ0v) is 22.4. The van der Waals surface area contributed by atoms with Crippen LogP contribution in [0.2, 0.25) is 0 Å². The first-order valence-electron chi connectivity index (χ1n) is 12.8. The number of nitrogens with one attached hydrogen (secondary N) is 1. The molecule has 36 heavy (non-hydrogen) atoms. The molecule has 1 aromatic heterocycles. The zero-order valence-electron chi connectivity index (χ0n) is 21.6. The minimum Gasteiger partial charge on any atom is -0.380 e. The van der Waals surface area contributed by atoms with Crippen LogP contribution in [0.25, 0.3) is 0 Å². The van der Waals surface area contributed by atoms with Gasteiger partial charge in [0.25, 0.3) is 0 Å². The molecular formula is C26H39N5O4S. The molecule has 0 spiro atoms. The van der Waals surface area contributed by atoms with E-state index in [-0.39, 0.29) is 17.5 Å². The number of ether oxygens (including phenoxy) is 1. The summed E-state index contributed by atoms with van der Waals surface area (Å²) in [5.41, 5.74) is 1.58. The van der Waals surface area contributed by atoms with Gasteiger partial charge >= 0.3 is 6.03 Å². The summed E-state index contributed by atoms with van der Waals surface area (Å²) < 4.78 is 31.8. The Morgan fingerprint density at radius 1 is 1.28 bits per heavy atom. The molecule has 1 atom stereocenters. The summed E-state index contributed by atoms with van der Waals surface area (Å²) in [4.78, 5) is 25.2. The quantitative estimate of drug-likeness (QED) is 0.376. The van der Waals surface area contributed by atoms with E-state index in [4.69, 9.17) is 4.74 Å². The Balaban J connectivity index is 1.55. The molecule has 0 aliphatic carbocycles. The minimum absolute atomic E-state index is 0.211. The van der Waals surface area contributed by atoms with Gasteiger partial charge < -0.3 is 15.0 Å². The molecule has 9 nitrogen and oxygen atoms in total. The van der Waals surface area contributed by atoms with Crippen LogP contribution >= 0.6 is 0 Å². The number of likely N-dealkylation sites (tertiary alicyclic amines) is 1. The van der Waals surface area contributed by atoms with Gasteiger partial charge in [0.15, 0.2) is 9.84 Å². The standard InChI is InChI=1S/C26H39N5O4S/c1-4-21(9-13-27-5-2)19-30(6-3)26(32)29-17-22-7-8-25(18-28-22)36(33,34)24-10-14-31(15-11-24)23-12-16-35-20-23/h5,7-9,13,18-19,23-24H,4,6,10-12,14-17,20H2,1-3H3,(H,29,32)/b13-9-,21-19+,27-5?. The maximum absolute atomic E-state index is 13.2. The number of aliphatic imine (C=N–C) groups is 1. The topological polar surface area (TPSA) is 104 Å². The summed E-state index contributed by atoms with van der Waals surface area (Å²) in [6.07, 6.45) is 11.5. The lowest BCUT2D eigenvalue weighted by Gasteiger charge is -2.35. The van der Waals surface area contributed by atoms with Crippen LogP contribution in [0.4, 0.5) is 4.79 Å². The number of amides is 2. The van der Waals surface area contributed by atoms with Crippen LogP contribution in [0.3, 0.4) is 0 Å². The van der Waals surface area contributed by atoms with Crippen molar-refractivity contribution >= 4 is 22.1 Å². The van der Waals surface area contributed by atoms with Crippen molar-refractivity contribution in [1.29, 1.82) is 0 Å². The number of aromatic nitrogens is 1. The van der Waals surface area contributed by atoms with E-state index in [2.05, 4.69) is 20.2 Å². The minimum atomic E-state index is -3.44. The molecule has 3 heterocycles. The van der Waals surface area contributed by atoms with Crippen LogP contribution in [-0.2, 0) is 21.1 Å². The lowest BCUT2D eigenvalue weighted by Crippen LogP contribution is -2.44. The molecule has 3 rings (SSSR count). The van der Waals surface area contributed by atoms with Crippen molar-refractivity contribution in [3.8, 4) is 0 Å². The fourth-order valence-corrected chi connectivity index (χ4v) is 6.15. The number of carbonyl (C=O) groups excluding carboxylic acids is 1. The molecule has 2 aliphatic heterocycles.